The third-order valence-corrected chi connectivity index (χ3v) is 4.51. The Morgan fingerprint density at radius 2 is 1.88 bits per heavy atom. The van der Waals surface area contributed by atoms with Crippen molar-refractivity contribution in [3.63, 3.8) is 0 Å². The molecule has 3 heteroatoms. The predicted molar refractivity (Wildman–Crippen MR) is 69.0 cm³/mol. The van der Waals surface area contributed by atoms with Crippen molar-refractivity contribution in [1.29, 1.82) is 0 Å². The van der Waals surface area contributed by atoms with Crippen LogP contribution >= 0.6 is 0 Å². The Bertz CT molecular complexity index is 237. The van der Waals surface area contributed by atoms with Gasteiger partial charge in [0.2, 0.25) is 0 Å². The lowest BCUT2D eigenvalue weighted by Gasteiger charge is -2.43. The van der Waals surface area contributed by atoms with E-state index in [1.807, 2.05) is 0 Å². The molecule has 0 aromatic rings. The molecule has 0 aromatic carbocycles. The Balaban J connectivity index is 1.87. The zero-order valence-corrected chi connectivity index (χ0v) is 11.4. The number of hydrogen-bond acceptors (Lipinski definition) is 3. The molecule has 0 aromatic heterocycles. The molecule has 2 aliphatic rings. The maximum absolute atomic E-state index is 9.67. The summed E-state index contributed by atoms with van der Waals surface area (Å²) in [6.07, 6.45) is 4.76. The quantitative estimate of drug-likeness (QED) is 0.819. The van der Waals surface area contributed by atoms with Crippen molar-refractivity contribution in [3.8, 4) is 0 Å². The SMILES string of the molecule is CC1(C)CCN(CC2(CO)CCCOC2)CC1. The second-order valence-corrected chi connectivity index (χ2v) is 6.75. The Labute approximate surface area is 105 Å². The molecule has 2 rings (SSSR count). The van der Waals surface area contributed by atoms with Crippen molar-refractivity contribution in [2.24, 2.45) is 10.8 Å². The van der Waals surface area contributed by atoms with E-state index in [0.29, 0.717) is 5.41 Å². The highest BCUT2D eigenvalue weighted by molar-refractivity contribution is 4.87. The predicted octanol–water partition coefficient (Wildman–Crippen LogP) is 1.90. The molecule has 0 radical (unpaired) electrons. The van der Waals surface area contributed by atoms with Gasteiger partial charge in [0.15, 0.2) is 0 Å². The molecule has 2 fully saturated rings. The molecular weight excluding hydrogens is 214 g/mol. The molecule has 0 amide bonds. The van der Waals surface area contributed by atoms with Crippen molar-refractivity contribution in [1.82, 2.24) is 4.90 Å². The van der Waals surface area contributed by atoms with Gasteiger partial charge in [-0.25, -0.2) is 0 Å². The summed E-state index contributed by atoms with van der Waals surface area (Å²) < 4.78 is 5.57. The molecule has 0 bridgehead atoms. The summed E-state index contributed by atoms with van der Waals surface area (Å²) in [4.78, 5) is 2.52. The first-order chi connectivity index (χ1) is 8.05. The van der Waals surface area contributed by atoms with E-state index in [1.54, 1.807) is 0 Å². The van der Waals surface area contributed by atoms with Crippen molar-refractivity contribution in [2.75, 3.05) is 39.5 Å². The van der Waals surface area contributed by atoms with Gasteiger partial charge >= 0.3 is 0 Å². The Hall–Kier alpha value is -0.120. The van der Waals surface area contributed by atoms with E-state index in [4.69, 9.17) is 4.74 Å². The number of likely N-dealkylation sites (tertiary alicyclic amines) is 1. The molecule has 1 unspecified atom stereocenters. The third kappa shape index (κ3) is 3.43. The molecule has 0 saturated carbocycles. The number of aliphatic hydroxyl groups is 1. The summed E-state index contributed by atoms with van der Waals surface area (Å²) >= 11 is 0. The van der Waals surface area contributed by atoms with Crippen molar-refractivity contribution in [3.05, 3.63) is 0 Å². The van der Waals surface area contributed by atoms with Gasteiger partial charge in [-0.1, -0.05) is 13.8 Å². The number of piperidine rings is 1. The highest BCUT2D eigenvalue weighted by atomic mass is 16.5. The van der Waals surface area contributed by atoms with Crippen LogP contribution in [0.2, 0.25) is 0 Å². The van der Waals surface area contributed by atoms with Gasteiger partial charge in [-0.3, -0.25) is 0 Å². The number of rotatable bonds is 3. The van der Waals surface area contributed by atoms with E-state index < -0.39 is 0 Å². The van der Waals surface area contributed by atoms with Gasteiger partial charge in [0.1, 0.15) is 0 Å². The van der Waals surface area contributed by atoms with Crippen LogP contribution in [0, 0.1) is 10.8 Å². The molecule has 0 aliphatic carbocycles. The summed E-state index contributed by atoms with van der Waals surface area (Å²) in [5.74, 6) is 0. The Kier molecular flexibility index (Phi) is 4.11. The van der Waals surface area contributed by atoms with Crippen LogP contribution in [0.1, 0.15) is 39.5 Å². The van der Waals surface area contributed by atoms with Crippen LogP contribution in [-0.4, -0.2) is 49.5 Å². The molecule has 100 valence electrons. The van der Waals surface area contributed by atoms with Crippen molar-refractivity contribution >= 4 is 0 Å². The summed E-state index contributed by atoms with van der Waals surface area (Å²) in [6, 6.07) is 0. The average Bonchev–Trinajstić information content (AvgIpc) is 2.33. The highest BCUT2D eigenvalue weighted by Crippen LogP contribution is 2.34. The molecule has 2 heterocycles. The van der Waals surface area contributed by atoms with Crippen LogP contribution in [0.5, 0.6) is 0 Å². The van der Waals surface area contributed by atoms with Crippen LogP contribution in [0.4, 0.5) is 0 Å². The van der Waals surface area contributed by atoms with Gasteiger partial charge in [0, 0.05) is 18.6 Å². The van der Waals surface area contributed by atoms with Crippen LogP contribution in [0.15, 0.2) is 0 Å². The van der Waals surface area contributed by atoms with Gasteiger partial charge in [0.25, 0.3) is 0 Å². The average molecular weight is 241 g/mol. The van der Waals surface area contributed by atoms with E-state index in [2.05, 4.69) is 18.7 Å². The minimum Gasteiger partial charge on any atom is -0.396 e. The fourth-order valence-electron chi connectivity index (χ4n) is 3.00. The Morgan fingerprint density at radius 3 is 2.41 bits per heavy atom. The number of ether oxygens (including phenoxy) is 1. The van der Waals surface area contributed by atoms with E-state index in [9.17, 15) is 5.11 Å². The first-order valence-corrected chi connectivity index (χ1v) is 6.96. The minimum atomic E-state index is 0.0136. The summed E-state index contributed by atoms with van der Waals surface area (Å²) in [6.45, 7) is 9.96. The number of nitrogens with zero attached hydrogens (tertiary/aromatic N) is 1. The van der Waals surface area contributed by atoms with Gasteiger partial charge in [-0.05, 0) is 44.2 Å². The maximum Gasteiger partial charge on any atom is 0.0556 e. The fourth-order valence-corrected chi connectivity index (χ4v) is 3.00. The fraction of sp³-hybridized carbons (Fsp3) is 1.00. The topological polar surface area (TPSA) is 32.7 Å². The van der Waals surface area contributed by atoms with Gasteiger partial charge in [0.05, 0.1) is 13.2 Å². The van der Waals surface area contributed by atoms with Crippen LogP contribution < -0.4 is 0 Å². The summed E-state index contributed by atoms with van der Waals surface area (Å²) in [5, 5.41) is 9.67. The molecule has 1 atom stereocenters. The minimum absolute atomic E-state index is 0.0136. The third-order valence-electron chi connectivity index (χ3n) is 4.51. The lowest BCUT2D eigenvalue weighted by Crippen LogP contribution is -2.48. The van der Waals surface area contributed by atoms with Crippen molar-refractivity contribution in [2.45, 2.75) is 39.5 Å². The molecule has 0 spiro atoms. The largest absolute Gasteiger partial charge is 0.396 e. The molecule has 17 heavy (non-hydrogen) atoms. The van der Waals surface area contributed by atoms with E-state index in [1.165, 1.54) is 25.9 Å². The zero-order chi connectivity index (χ0) is 12.4. The first kappa shape index (κ1) is 13.3. The van der Waals surface area contributed by atoms with Crippen LogP contribution in [0.25, 0.3) is 0 Å². The Morgan fingerprint density at radius 1 is 1.18 bits per heavy atom. The normalized spacial score (nSPS) is 34.8. The molecule has 2 aliphatic heterocycles. The second kappa shape index (κ2) is 5.25. The van der Waals surface area contributed by atoms with E-state index in [-0.39, 0.29) is 12.0 Å². The standard InChI is InChI=1S/C14H27NO2/c1-13(2)5-7-15(8-6-13)10-14(11-16)4-3-9-17-12-14/h16H,3-12H2,1-2H3. The van der Waals surface area contributed by atoms with Crippen LogP contribution in [0.3, 0.4) is 0 Å². The highest BCUT2D eigenvalue weighted by Gasteiger charge is 2.36. The lowest BCUT2D eigenvalue weighted by atomic mass is 9.79. The van der Waals surface area contributed by atoms with Crippen LogP contribution in [-0.2, 0) is 4.74 Å². The second-order valence-electron chi connectivity index (χ2n) is 6.75. The summed E-state index contributed by atoms with van der Waals surface area (Å²) in [5.41, 5.74) is 0.520. The lowest BCUT2D eigenvalue weighted by molar-refractivity contribution is -0.0611. The van der Waals surface area contributed by atoms with Crippen molar-refractivity contribution < 1.29 is 9.84 Å². The van der Waals surface area contributed by atoms with E-state index >= 15 is 0 Å². The number of hydrogen-bond donors (Lipinski definition) is 1. The van der Waals surface area contributed by atoms with Gasteiger partial charge < -0.3 is 14.7 Å². The smallest absolute Gasteiger partial charge is 0.0556 e. The first-order valence-electron chi connectivity index (χ1n) is 6.96. The van der Waals surface area contributed by atoms with Gasteiger partial charge in [-0.2, -0.15) is 0 Å². The maximum atomic E-state index is 9.67. The molecule has 1 N–H and O–H groups in total. The molecule has 3 nitrogen and oxygen atoms in total. The van der Waals surface area contributed by atoms with E-state index in [0.717, 1.165) is 32.6 Å². The van der Waals surface area contributed by atoms with Gasteiger partial charge in [-0.15, -0.1) is 0 Å². The molecular formula is C14H27NO2. The number of aliphatic hydroxyl groups excluding tert-OH is 1. The molecule has 2 saturated heterocycles. The monoisotopic (exact) mass is 241 g/mol. The summed E-state index contributed by atoms with van der Waals surface area (Å²) in [7, 11) is 0. The zero-order valence-electron chi connectivity index (χ0n) is 11.4.